The Kier molecular flexibility index (Phi) is 2.74. The predicted molar refractivity (Wildman–Crippen MR) is 68.3 cm³/mol. The lowest BCUT2D eigenvalue weighted by Crippen LogP contribution is -2.32. The van der Waals surface area contributed by atoms with Gasteiger partial charge >= 0.3 is 0 Å². The number of hydrogen-bond donors (Lipinski definition) is 2. The molecule has 18 heavy (non-hydrogen) atoms. The zero-order valence-electron chi connectivity index (χ0n) is 10.4. The SMILES string of the molecule is Cc1[nH]nc2cnc(C(=O)NCC3CCC3)cc12. The van der Waals surface area contributed by atoms with Gasteiger partial charge in [-0.3, -0.25) is 9.89 Å². The molecule has 0 radical (unpaired) electrons. The van der Waals surface area contributed by atoms with Crippen molar-refractivity contribution in [1.29, 1.82) is 0 Å². The van der Waals surface area contributed by atoms with Crippen molar-refractivity contribution in [2.45, 2.75) is 26.2 Å². The number of H-pyrrole nitrogens is 1. The number of amides is 1. The lowest BCUT2D eigenvalue weighted by atomic mass is 9.85. The first-order chi connectivity index (χ1) is 8.74. The zero-order valence-corrected chi connectivity index (χ0v) is 10.4. The van der Waals surface area contributed by atoms with Gasteiger partial charge in [-0.2, -0.15) is 5.10 Å². The Labute approximate surface area is 105 Å². The number of aromatic nitrogens is 3. The highest BCUT2D eigenvalue weighted by Crippen LogP contribution is 2.25. The number of rotatable bonds is 3. The maximum absolute atomic E-state index is 12.0. The quantitative estimate of drug-likeness (QED) is 0.864. The molecule has 1 aliphatic carbocycles. The molecule has 1 amide bonds. The Morgan fingerprint density at radius 2 is 2.39 bits per heavy atom. The molecule has 0 aromatic carbocycles. The summed E-state index contributed by atoms with van der Waals surface area (Å²) in [5, 5.41) is 10.9. The van der Waals surface area contributed by atoms with Crippen LogP contribution in [0.15, 0.2) is 12.3 Å². The lowest BCUT2D eigenvalue weighted by molar-refractivity contribution is 0.0934. The van der Waals surface area contributed by atoms with Crippen LogP contribution in [-0.2, 0) is 0 Å². The molecular formula is C13H16N4O. The number of aryl methyl sites for hydroxylation is 1. The van der Waals surface area contributed by atoms with Crippen molar-refractivity contribution in [3.63, 3.8) is 0 Å². The molecule has 0 atom stereocenters. The van der Waals surface area contributed by atoms with Gasteiger partial charge in [-0.05, 0) is 31.7 Å². The minimum absolute atomic E-state index is 0.0931. The van der Waals surface area contributed by atoms with Crippen molar-refractivity contribution >= 4 is 16.8 Å². The Hall–Kier alpha value is -1.91. The number of aromatic amines is 1. The van der Waals surface area contributed by atoms with Gasteiger partial charge in [0.05, 0.1) is 6.20 Å². The Balaban J connectivity index is 1.75. The van der Waals surface area contributed by atoms with Crippen molar-refractivity contribution in [2.75, 3.05) is 6.54 Å². The van der Waals surface area contributed by atoms with E-state index in [4.69, 9.17) is 0 Å². The summed E-state index contributed by atoms with van der Waals surface area (Å²) >= 11 is 0. The van der Waals surface area contributed by atoms with Crippen LogP contribution in [-0.4, -0.2) is 27.6 Å². The summed E-state index contributed by atoms with van der Waals surface area (Å²) in [6.07, 6.45) is 5.39. The number of hydrogen-bond acceptors (Lipinski definition) is 3. The van der Waals surface area contributed by atoms with E-state index in [-0.39, 0.29) is 5.91 Å². The minimum Gasteiger partial charge on any atom is -0.350 e. The molecule has 0 unspecified atom stereocenters. The van der Waals surface area contributed by atoms with E-state index in [0.29, 0.717) is 11.6 Å². The zero-order chi connectivity index (χ0) is 12.5. The summed E-state index contributed by atoms with van der Waals surface area (Å²) in [7, 11) is 0. The molecule has 0 aliphatic heterocycles. The van der Waals surface area contributed by atoms with E-state index in [9.17, 15) is 4.79 Å². The highest BCUT2D eigenvalue weighted by Gasteiger charge is 2.18. The van der Waals surface area contributed by atoms with Crippen molar-refractivity contribution < 1.29 is 4.79 Å². The monoisotopic (exact) mass is 244 g/mol. The van der Waals surface area contributed by atoms with E-state index in [1.807, 2.05) is 6.92 Å². The number of carbonyl (C=O) groups excluding carboxylic acids is 1. The van der Waals surface area contributed by atoms with Crippen molar-refractivity contribution in [2.24, 2.45) is 5.92 Å². The van der Waals surface area contributed by atoms with Crippen LogP contribution in [0.1, 0.15) is 35.4 Å². The van der Waals surface area contributed by atoms with Gasteiger partial charge < -0.3 is 5.32 Å². The molecule has 2 aromatic heterocycles. The molecule has 2 heterocycles. The van der Waals surface area contributed by atoms with Crippen LogP contribution in [0, 0.1) is 12.8 Å². The molecule has 1 aliphatic rings. The van der Waals surface area contributed by atoms with Crippen LogP contribution in [0.2, 0.25) is 0 Å². The fraction of sp³-hybridized carbons (Fsp3) is 0.462. The lowest BCUT2D eigenvalue weighted by Gasteiger charge is -2.25. The molecule has 0 saturated heterocycles. The average molecular weight is 244 g/mol. The average Bonchev–Trinajstić information content (AvgIpc) is 2.68. The molecule has 2 N–H and O–H groups in total. The first kappa shape index (κ1) is 11.2. The minimum atomic E-state index is -0.0931. The van der Waals surface area contributed by atoms with Crippen molar-refractivity contribution in [3.05, 3.63) is 23.7 Å². The third-order valence-electron chi connectivity index (χ3n) is 3.64. The molecule has 1 saturated carbocycles. The smallest absolute Gasteiger partial charge is 0.269 e. The maximum Gasteiger partial charge on any atom is 0.269 e. The third kappa shape index (κ3) is 1.96. The molecule has 2 aromatic rings. The Bertz CT molecular complexity index is 586. The highest BCUT2D eigenvalue weighted by molar-refractivity contribution is 5.96. The number of fused-ring (bicyclic) bond motifs is 1. The number of pyridine rings is 1. The van der Waals surface area contributed by atoms with Gasteiger partial charge in [-0.15, -0.1) is 0 Å². The van der Waals surface area contributed by atoms with Gasteiger partial charge in [0, 0.05) is 17.6 Å². The number of carbonyl (C=O) groups is 1. The second-order valence-corrected chi connectivity index (χ2v) is 4.94. The maximum atomic E-state index is 12.0. The van der Waals surface area contributed by atoms with Crippen LogP contribution in [0.4, 0.5) is 0 Å². The standard InChI is InChI=1S/C13H16N4O/c1-8-10-5-11(14-7-12(10)17-16-8)13(18)15-6-9-3-2-4-9/h5,7,9H,2-4,6H2,1H3,(H,15,18)(H,16,17). The number of nitrogens with one attached hydrogen (secondary N) is 2. The number of nitrogens with zero attached hydrogens (tertiary/aromatic N) is 2. The van der Waals surface area contributed by atoms with Crippen LogP contribution >= 0.6 is 0 Å². The van der Waals surface area contributed by atoms with Gasteiger partial charge in [0.25, 0.3) is 5.91 Å². The molecule has 1 fully saturated rings. The van der Waals surface area contributed by atoms with Gasteiger partial charge in [0.2, 0.25) is 0 Å². The van der Waals surface area contributed by atoms with Crippen LogP contribution < -0.4 is 5.32 Å². The van der Waals surface area contributed by atoms with E-state index >= 15 is 0 Å². The second-order valence-electron chi connectivity index (χ2n) is 4.94. The first-order valence-electron chi connectivity index (χ1n) is 6.33. The summed E-state index contributed by atoms with van der Waals surface area (Å²) < 4.78 is 0. The van der Waals surface area contributed by atoms with Gasteiger partial charge in [-0.25, -0.2) is 4.98 Å². The largest absolute Gasteiger partial charge is 0.350 e. The van der Waals surface area contributed by atoms with E-state index in [0.717, 1.165) is 23.1 Å². The molecule has 5 heteroatoms. The molecule has 0 spiro atoms. The van der Waals surface area contributed by atoms with Crippen LogP contribution in [0.3, 0.4) is 0 Å². The van der Waals surface area contributed by atoms with Crippen molar-refractivity contribution in [3.8, 4) is 0 Å². The molecule has 5 nitrogen and oxygen atoms in total. The molecular weight excluding hydrogens is 228 g/mol. The van der Waals surface area contributed by atoms with Crippen LogP contribution in [0.25, 0.3) is 10.9 Å². The fourth-order valence-corrected chi connectivity index (χ4v) is 2.19. The summed E-state index contributed by atoms with van der Waals surface area (Å²) in [6, 6.07) is 1.80. The summed E-state index contributed by atoms with van der Waals surface area (Å²) in [5.74, 6) is 0.567. The first-order valence-corrected chi connectivity index (χ1v) is 6.33. The van der Waals surface area contributed by atoms with Gasteiger partial charge in [0.1, 0.15) is 11.2 Å². The van der Waals surface area contributed by atoms with Gasteiger partial charge in [-0.1, -0.05) is 6.42 Å². The normalized spacial score (nSPS) is 15.6. The van der Waals surface area contributed by atoms with E-state index < -0.39 is 0 Å². The van der Waals surface area contributed by atoms with Crippen molar-refractivity contribution in [1.82, 2.24) is 20.5 Å². The second kappa shape index (κ2) is 4.40. The Morgan fingerprint density at radius 1 is 1.56 bits per heavy atom. The van der Waals surface area contributed by atoms with Gasteiger partial charge in [0.15, 0.2) is 0 Å². The topological polar surface area (TPSA) is 70.7 Å². The summed E-state index contributed by atoms with van der Waals surface area (Å²) in [5.41, 5.74) is 2.22. The highest BCUT2D eigenvalue weighted by atomic mass is 16.1. The molecule has 94 valence electrons. The predicted octanol–water partition coefficient (Wildman–Crippen LogP) is 1.80. The molecule has 0 bridgehead atoms. The summed E-state index contributed by atoms with van der Waals surface area (Å²) in [4.78, 5) is 16.1. The summed E-state index contributed by atoms with van der Waals surface area (Å²) in [6.45, 7) is 2.70. The van der Waals surface area contributed by atoms with Crippen LogP contribution in [0.5, 0.6) is 0 Å². The fourth-order valence-electron chi connectivity index (χ4n) is 2.19. The van der Waals surface area contributed by atoms with E-state index in [1.54, 1.807) is 12.3 Å². The van der Waals surface area contributed by atoms with E-state index in [2.05, 4.69) is 20.5 Å². The molecule has 3 rings (SSSR count). The third-order valence-corrected chi connectivity index (χ3v) is 3.64. The van der Waals surface area contributed by atoms with E-state index in [1.165, 1.54) is 19.3 Å². The Morgan fingerprint density at radius 3 is 3.11 bits per heavy atom.